The molecule has 1 aromatic rings. The zero-order chi connectivity index (χ0) is 14.6. The Balaban J connectivity index is 2.92. The van der Waals surface area contributed by atoms with Gasteiger partial charge in [-0.1, -0.05) is 15.9 Å². The Bertz CT molecular complexity index is 540. The third kappa shape index (κ3) is 4.74. The van der Waals surface area contributed by atoms with Gasteiger partial charge >= 0.3 is 12.1 Å². The molecule has 0 heterocycles. The quantitative estimate of drug-likeness (QED) is 0.833. The van der Waals surface area contributed by atoms with E-state index in [9.17, 15) is 22.8 Å². The number of amides is 1. The maximum atomic E-state index is 12.6. The fourth-order valence-corrected chi connectivity index (χ4v) is 1.62. The van der Waals surface area contributed by atoms with Crippen molar-refractivity contribution in [3.05, 3.63) is 40.4 Å². The predicted octanol–water partition coefficient (Wildman–Crippen LogP) is 3.05. The third-order valence-electron chi connectivity index (χ3n) is 1.92. The van der Waals surface area contributed by atoms with Crippen LogP contribution in [0, 0.1) is 0 Å². The van der Waals surface area contributed by atoms with Gasteiger partial charge in [-0.15, -0.1) is 0 Å². The highest BCUT2D eigenvalue weighted by Crippen LogP contribution is 2.36. The molecule has 0 spiro atoms. The molecule has 0 aliphatic carbocycles. The Labute approximate surface area is 114 Å². The van der Waals surface area contributed by atoms with Crippen LogP contribution in [0.25, 0.3) is 0 Å². The summed E-state index contributed by atoms with van der Waals surface area (Å²) in [7, 11) is 0. The first-order valence-corrected chi connectivity index (χ1v) is 5.58. The number of alkyl halides is 3. The van der Waals surface area contributed by atoms with E-state index >= 15 is 0 Å². The maximum Gasteiger partial charge on any atom is 0.417 e. The van der Waals surface area contributed by atoms with Crippen LogP contribution in [0.2, 0.25) is 0 Å². The number of hydrogen-bond donors (Lipinski definition) is 2. The average Bonchev–Trinajstić information content (AvgIpc) is 2.27. The topological polar surface area (TPSA) is 66.4 Å². The van der Waals surface area contributed by atoms with E-state index in [4.69, 9.17) is 5.11 Å². The number of carbonyl (C=O) groups is 2. The molecule has 0 fully saturated rings. The van der Waals surface area contributed by atoms with Crippen LogP contribution in [0.5, 0.6) is 0 Å². The van der Waals surface area contributed by atoms with Crippen molar-refractivity contribution in [2.75, 3.05) is 5.32 Å². The fraction of sp³-hybridized carbons (Fsp3) is 0.0909. The summed E-state index contributed by atoms with van der Waals surface area (Å²) in [5.41, 5.74) is -1.02. The molecule has 0 saturated carbocycles. The summed E-state index contributed by atoms with van der Waals surface area (Å²) < 4.78 is 37.6. The monoisotopic (exact) mass is 337 g/mol. The lowest BCUT2D eigenvalue weighted by Crippen LogP contribution is -2.11. The van der Waals surface area contributed by atoms with Gasteiger partial charge in [0.25, 0.3) is 0 Å². The van der Waals surface area contributed by atoms with Crippen LogP contribution in [0.4, 0.5) is 18.9 Å². The van der Waals surface area contributed by atoms with Gasteiger partial charge < -0.3 is 10.4 Å². The van der Waals surface area contributed by atoms with Crippen LogP contribution >= 0.6 is 15.9 Å². The van der Waals surface area contributed by atoms with Crippen LogP contribution in [0.1, 0.15) is 5.56 Å². The molecule has 0 bridgehead atoms. The summed E-state index contributed by atoms with van der Waals surface area (Å²) in [5, 5.41) is 10.4. The Morgan fingerprint density at radius 1 is 1.26 bits per heavy atom. The van der Waals surface area contributed by atoms with Gasteiger partial charge in [-0.2, -0.15) is 13.2 Å². The van der Waals surface area contributed by atoms with E-state index in [2.05, 4.69) is 21.2 Å². The molecule has 4 nitrogen and oxygen atoms in total. The number of rotatable bonds is 3. The SMILES string of the molecule is O=C(O)/C=C/C(=O)Nc1ccc(Br)c(C(F)(F)F)c1. The first kappa shape index (κ1) is 15.2. The highest BCUT2D eigenvalue weighted by atomic mass is 79.9. The Hall–Kier alpha value is -1.83. The van der Waals surface area contributed by atoms with Gasteiger partial charge in [0.05, 0.1) is 5.56 Å². The Morgan fingerprint density at radius 3 is 2.42 bits per heavy atom. The molecule has 0 aliphatic heterocycles. The summed E-state index contributed by atoms with van der Waals surface area (Å²) >= 11 is 2.76. The largest absolute Gasteiger partial charge is 0.478 e. The van der Waals surface area contributed by atoms with Gasteiger partial charge in [0.1, 0.15) is 0 Å². The Kier molecular flexibility index (Phi) is 4.71. The molecule has 0 radical (unpaired) electrons. The first-order chi connectivity index (χ1) is 8.70. The first-order valence-electron chi connectivity index (χ1n) is 4.79. The van der Waals surface area contributed by atoms with E-state index in [1.807, 2.05) is 0 Å². The number of halogens is 4. The molecular formula is C11H7BrF3NO3. The second kappa shape index (κ2) is 5.87. The lowest BCUT2D eigenvalue weighted by molar-refractivity contribution is -0.138. The lowest BCUT2D eigenvalue weighted by atomic mass is 10.2. The minimum atomic E-state index is -4.56. The standard InChI is InChI=1S/C11H7BrF3NO3/c12-8-2-1-6(5-7(8)11(13,14)15)16-9(17)3-4-10(18)19/h1-5H,(H,16,17)(H,18,19)/b4-3+. The minimum Gasteiger partial charge on any atom is -0.478 e. The Morgan fingerprint density at radius 2 is 1.89 bits per heavy atom. The second-order valence-electron chi connectivity index (χ2n) is 3.35. The second-order valence-corrected chi connectivity index (χ2v) is 4.21. The fourth-order valence-electron chi connectivity index (χ4n) is 1.15. The molecule has 0 aliphatic rings. The molecule has 2 N–H and O–H groups in total. The summed E-state index contributed by atoms with van der Waals surface area (Å²) in [6.07, 6.45) is -3.27. The number of aliphatic carboxylic acids is 1. The van der Waals surface area contributed by atoms with Gasteiger partial charge in [0.2, 0.25) is 5.91 Å². The summed E-state index contributed by atoms with van der Waals surface area (Å²) in [6, 6.07) is 3.14. The van der Waals surface area contributed by atoms with E-state index in [1.165, 1.54) is 6.07 Å². The molecule has 19 heavy (non-hydrogen) atoms. The molecule has 0 aromatic heterocycles. The lowest BCUT2D eigenvalue weighted by Gasteiger charge is -2.11. The number of anilines is 1. The number of carboxylic acids is 1. The number of benzene rings is 1. The van der Waals surface area contributed by atoms with Crippen molar-refractivity contribution in [2.24, 2.45) is 0 Å². The number of hydrogen-bond acceptors (Lipinski definition) is 2. The summed E-state index contributed by atoms with van der Waals surface area (Å²) in [5.74, 6) is -2.17. The van der Waals surface area contributed by atoms with Crippen molar-refractivity contribution in [1.82, 2.24) is 0 Å². The van der Waals surface area contributed by atoms with Crippen LogP contribution in [-0.4, -0.2) is 17.0 Å². The van der Waals surface area contributed by atoms with E-state index < -0.39 is 23.6 Å². The van der Waals surface area contributed by atoms with Crippen molar-refractivity contribution in [2.45, 2.75) is 6.18 Å². The molecular weight excluding hydrogens is 331 g/mol. The van der Waals surface area contributed by atoms with E-state index in [-0.39, 0.29) is 10.2 Å². The zero-order valence-electron chi connectivity index (χ0n) is 9.16. The highest BCUT2D eigenvalue weighted by molar-refractivity contribution is 9.10. The summed E-state index contributed by atoms with van der Waals surface area (Å²) in [4.78, 5) is 21.4. The van der Waals surface area contributed by atoms with Crippen molar-refractivity contribution >= 4 is 33.5 Å². The molecule has 1 rings (SSSR count). The number of carboxylic acid groups (broad SMARTS) is 1. The molecule has 1 amide bonds. The predicted molar refractivity (Wildman–Crippen MR) is 64.5 cm³/mol. The normalized spacial score (nSPS) is 11.6. The number of carbonyl (C=O) groups excluding carboxylic acids is 1. The number of nitrogens with one attached hydrogen (secondary N) is 1. The maximum absolute atomic E-state index is 12.6. The molecule has 0 unspecified atom stereocenters. The van der Waals surface area contributed by atoms with Gasteiger partial charge in [0, 0.05) is 22.3 Å². The van der Waals surface area contributed by atoms with Gasteiger partial charge in [-0.05, 0) is 18.2 Å². The zero-order valence-corrected chi connectivity index (χ0v) is 10.7. The van der Waals surface area contributed by atoms with E-state index in [0.29, 0.717) is 12.2 Å². The van der Waals surface area contributed by atoms with E-state index in [1.54, 1.807) is 0 Å². The minimum absolute atomic E-state index is 0.0874. The van der Waals surface area contributed by atoms with Crippen LogP contribution < -0.4 is 5.32 Å². The van der Waals surface area contributed by atoms with Crippen LogP contribution in [0.3, 0.4) is 0 Å². The van der Waals surface area contributed by atoms with E-state index in [0.717, 1.165) is 12.1 Å². The molecule has 0 atom stereocenters. The third-order valence-corrected chi connectivity index (χ3v) is 2.61. The molecule has 102 valence electrons. The van der Waals surface area contributed by atoms with Gasteiger partial charge in [-0.3, -0.25) is 4.79 Å². The van der Waals surface area contributed by atoms with Crippen LogP contribution in [-0.2, 0) is 15.8 Å². The molecule has 8 heteroatoms. The molecule has 1 aromatic carbocycles. The van der Waals surface area contributed by atoms with Crippen LogP contribution in [0.15, 0.2) is 34.8 Å². The summed E-state index contributed by atoms with van der Waals surface area (Å²) in [6.45, 7) is 0. The van der Waals surface area contributed by atoms with Crippen molar-refractivity contribution in [3.63, 3.8) is 0 Å². The van der Waals surface area contributed by atoms with Crippen molar-refractivity contribution in [1.29, 1.82) is 0 Å². The average molecular weight is 338 g/mol. The van der Waals surface area contributed by atoms with Gasteiger partial charge in [-0.25, -0.2) is 4.79 Å². The van der Waals surface area contributed by atoms with Crippen molar-refractivity contribution < 1.29 is 27.9 Å². The smallest absolute Gasteiger partial charge is 0.417 e. The van der Waals surface area contributed by atoms with Crippen molar-refractivity contribution in [3.8, 4) is 0 Å². The van der Waals surface area contributed by atoms with Gasteiger partial charge in [0.15, 0.2) is 0 Å². The highest BCUT2D eigenvalue weighted by Gasteiger charge is 2.33. The molecule has 0 saturated heterocycles.